The first-order valence-corrected chi connectivity index (χ1v) is 4.89. The minimum absolute atomic E-state index is 0.00245. The Morgan fingerprint density at radius 1 is 1.36 bits per heavy atom. The number of phenolic OH excluding ortho intramolecular Hbond substituents is 1. The quantitative estimate of drug-likeness (QED) is 0.779. The highest BCUT2D eigenvalue weighted by Gasteiger charge is 2.08. The predicted octanol–water partition coefficient (Wildman–Crippen LogP) is 1.98. The van der Waals surface area contributed by atoms with Gasteiger partial charge in [-0.2, -0.15) is 0 Å². The molecular weight excluding hydrogens is 200 g/mol. The average Bonchev–Trinajstić information content (AvgIpc) is 2.18. The van der Waals surface area contributed by atoms with E-state index in [1.807, 2.05) is 0 Å². The zero-order valence-electron chi connectivity index (χ0n) is 7.48. The van der Waals surface area contributed by atoms with Crippen molar-refractivity contribution < 1.29 is 9.84 Å². The van der Waals surface area contributed by atoms with E-state index in [1.165, 1.54) is 30.6 Å². The maximum Gasteiger partial charge on any atom is 0.191 e. The first kappa shape index (κ1) is 9.02. The van der Waals surface area contributed by atoms with Crippen molar-refractivity contribution >= 4 is 21.4 Å². The van der Waals surface area contributed by atoms with Crippen molar-refractivity contribution in [2.45, 2.75) is 0 Å². The summed E-state index contributed by atoms with van der Waals surface area (Å²) in [4.78, 5) is 11.5. The van der Waals surface area contributed by atoms with Gasteiger partial charge in [0.2, 0.25) is 0 Å². The number of hydrogen-bond acceptors (Lipinski definition) is 4. The van der Waals surface area contributed by atoms with E-state index in [0.717, 1.165) is 0 Å². The van der Waals surface area contributed by atoms with Gasteiger partial charge in [0, 0.05) is 0 Å². The number of hydrogen-bond donors (Lipinski definition) is 1. The number of ether oxygens (including phenoxy) is 1. The molecule has 72 valence electrons. The van der Waals surface area contributed by atoms with Crippen molar-refractivity contribution in [3.63, 3.8) is 0 Å². The van der Waals surface area contributed by atoms with Crippen molar-refractivity contribution in [1.29, 1.82) is 0 Å². The van der Waals surface area contributed by atoms with Gasteiger partial charge in [-0.3, -0.25) is 4.79 Å². The molecule has 0 saturated heterocycles. The maximum atomic E-state index is 11.5. The minimum atomic E-state index is -0.185. The van der Waals surface area contributed by atoms with Gasteiger partial charge in [0.05, 0.1) is 17.2 Å². The van der Waals surface area contributed by atoms with Gasteiger partial charge in [-0.1, -0.05) is 0 Å². The Labute approximate surface area is 84.2 Å². The fourth-order valence-corrected chi connectivity index (χ4v) is 2.23. The molecule has 2 rings (SSSR count). The minimum Gasteiger partial charge on any atom is -0.507 e. The van der Waals surface area contributed by atoms with Crippen molar-refractivity contribution in [1.82, 2.24) is 0 Å². The Balaban J connectivity index is 2.99. The van der Waals surface area contributed by atoms with Gasteiger partial charge < -0.3 is 9.84 Å². The largest absolute Gasteiger partial charge is 0.507 e. The third-order valence-corrected chi connectivity index (χ3v) is 2.88. The predicted molar refractivity (Wildman–Crippen MR) is 56.3 cm³/mol. The van der Waals surface area contributed by atoms with Crippen LogP contribution in [0.4, 0.5) is 0 Å². The SMILES string of the molecule is COc1ccc(O)c2c(=O)ccsc12. The van der Waals surface area contributed by atoms with E-state index < -0.39 is 0 Å². The average molecular weight is 208 g/mol. The molecule has 3 nitrogen and oxygen atoms in total. The van der Waals surface area contributed by atoms with Crippen molar-refractivity contribution in [3.05, 3.63) is 33.8 Å². The van der Waals surface area contributed by atoms with Gasteiger partial charge in [-0.15, -0.1) is 11.3 Å². The van der Waals surface area contributed by atoms with Gasteiger partial charge in [0.1, 0.15) is 11.5 Å². The number of methoxy groups -OCH3 is 1. The lowest BCUT2D eigenvalue weighted by atomic mass is 10.2. The molecule has 0 aliphatic heterocycles. The summed E-state index contributed by atoms with van der Waals surface area (Å²) in [6.45, 7) is 0. The van der Waals surface area contributed by atoms with Gasteiger partial charge in [0.15, 0.2) is 5.43 Å². The van der Waals surface area contributed by atoms with E-state index >= 15 is 0 Å². The van der Waals surface area contributed by atoms with E-state index in [9.17, 15) is 9.90 Å². The summed E-state index contributed by atoms with van der Waals surface area (Å²) < 4.78 is 5.78. The molecule has 0 spiro atoms. The molecule has 14 heavy (non-hydrogen) atoms. The van der Waals surface area contributed by atoms with Gasteiger partial charge in [-0.25, -0.2) is 0 Å². The second kappa shape index (κ2) is 3.31. The monoisotopic (exact) mass is 208 g/mol. The molecule has 0 bridgehead atoms. The molecule has 0 amide bonds. The van der Waals surface area contributed by atoms with Crippen LogP contribution in [0.25, 0.3) is 10.1 Å². The van der Waals surface area contributed by atoms with Crippen molar-refractivity contribution in [3.8, 4) is 11.5 Å². The number of benzene rings is 1. The Morgan fingerprint density at radius 3 is 2.86 bits per heavy atom. The van der Waals surface area contributed by atoms with Crippen LogP contribution in [0.3, 0.4) is 0 Å². The van der Waals surface area contributed by atoms with Crippen molar-refractivity contribution in [2.24, 2.45) is 0 Å². The summed E-state index contributed by atoms with van der Waals surface area (Å²) in [7, 11) is 1.54. The molecule has 2 aromatic rings. The highest BCUT2D eigenvalue weighted by atomic mass is 32.1. The highest BCUT2D eigenvalue weighted by molar-refractivity contribution is 7.17. The molecule has 0 radical (unpaired) electrons. The molecule has 0 unspecified atom stereocenters. The Morgan fingerprint density at radius 2 is 2.14 bits per heavy atom. The summed E-state index contributed by atoms with van der Waals surface area (Å²) in [6, 6.07) is 4.55. The molecule has 0 aliphatic rings. The number of phenols is 1. The van der Waals surface area contributed by atoms with Gasteiger partial charge in [0.25, 0.3) is 0 Å². The normalized spacial score (nSPS) is 10.4. The van der Waals surface area contributed by atoms with E-state index in [1.54, 1.807) is 11.4 Å². The summed E-state index contributed by atoms with van der Waals surface area (Å²) in [5.41, 5.74) is -0.185. The van der Waals surface area contributed by atoms with Crippen LogP contribution in [0, 0.1) is 0 Å². The standard InChI is InChI=1S/C10H8O3S/c1-13-8-3-2-6(11)9-7(12)4-5-14-10(8)9/h2-5,11H,1H3. The van der Waals surface area contributed by atoms with E-state index in [4.69, 9.17) is 4.74 Å². The molecule has 0 aliphatic carbocycles. The molecule has 4 heteroatoms. The number of rotatable bonds is 1. The molecule has 1 aromatic heterocycles. The first-order chi connectivity index (χ1) is 6.74. The summed E-state index contributed by atoms with van der Waals surface area (Å²) >= 11 is 1.37. The Bertz CT molecular complexity index is 530. The van der Waals surface area contributed by atoms with Crippen LogP contribution in [0.5, 0.6) is 11.5 Å². The zero-order valence-corrected chi connectivity index (χ0v) is 8.30. The number of fused-ring (bicyclic) bond motifs is 1. The highest BCUT2D eigenvalue weighted by Crippen LogP contribution is 2.32. The Hall–Kier alpha value is -1.55. The van der Waals surface area contributed by atoms with Crippen LogP contribution in [0.2, 0.25) is 0 Å². The van der Waals surface area contributed by atoms with Crippen LogP contribution >= 0.6 is 11.3 Å². The molecule has 1 aromatic carbocycles. The fraction of sp³-hybridized carbons (Fsp3) is 0.100. The molecule has 1 N–H and O–H groups in total. The second-order valence-corrected chi connectivity index (χ2v) is 3.69. The zero-order chi connectivity index (χ0) is 10.1. The van der Waals surface area contributed by atoms with Crippen molar-refractivity contribution in [2.75, 3.05) is 7.11 Å². The lowest BCUT2D eigenvalue weighted by Crippen LogP contribution is -1.98. The van der Waals surface area contributed by atoms with Gasteiger partial charge in [-0.05, 0) is 23.6 Å². The third kappa shape index (κ3) is 1.24. The molecule has 0 saturated carbocycles. The summed E-state index contributed by atoms with van der Waals surface area (Å²) in [5, 5.41) is 11.5. The maximum absolute atomic E-state index is 11.5. The van der Waals surface area contributed by atoms with Crippen LogP contribution in [-0.2, 0) is 0 Å². The number of aromatic hydroxyl groups is 1. The lowest BCUT2D eigenvalue weighted by Gasteiger charge is -2.04. The molecule has 0 atom stereocenters. The van der Waals surface area contributed by atoms with Crippen LogP contribution < -0.4 is 10.2 Å². The first-order valence-electron chi connectivity index (χ1n) is 4.01. The Kier molecular flexibility index (Phi) is 2.13. The summed E-state index contributed by atoms with van der Waals surface area (Å²) in [6.07, 6.45) is 0. The van der Waals surface area contributed by atoms with Crippen LogP contribution in [0.15, 0.2) is 28.4 Å². The molecular formula is C10H8O3S. The van der Waals surface area contributed by atoms with Gasteiger partial charge >= 0.3 is 0 Å². The second-order valence-electron chi connectivity index (χ2n) is 2.78. The fourth-order valence-electron chi connectivity index (χ4n) is 1.32. The smallest absolute Gasteiger partial charge is 0.191 e. The van der Waals surface area contributed by atoms with Crippen LogP contribution in [0.1, 0.15) is 0 Å². The molecule has 0 fully saturated rings. The van der Waals surface area contributed by atoms with Crippen LogP contribution in [-0.4, -0.2) is 12.2 Å². The third-order valence-electron chi connectivity index (χ3n) is 1.97. The van der Waals surface area contributed by atoms with E-state index in [0.29, 0.717) is 15.8 Å². The van der Waals surface area contributed by atoms with E-state index in [-0.39, 0.29) is 11.2 Å². The lowest BCUT2D eigenvalue weighted by molar-refractivity contribution is 0.419. The molecule has 1 heterocycles. The summed E-state index contributed by atoms with van der Waals surface area (Å²) in [5.74, 6) is 0.614. The van der Waals surface area contributed by atoms with E-state index in [2.05, 4.69) is 0 Å². The topological polar surface area (TPSA) is 46.5 Å².